The van der Waals surface area contributed by atoms with Gasteiger partial charge in [-0.2, -0.15) is 0 Å². The average molecular weight is 221 g/mol. The highest BCUT2D eigenvalue weighted by Crippen LogP contribution is 2.08. The SMILES string of the molecule is CC(CCCN)CN(C)Cc1ccncc1. The Kier molecular flexibility index (Phi) is 6.04. The molecule has 90 valence electrons. The van der Waals surface area contributed by atoms with Gasteiger partial charge in [0.15, 0.2) is 0 Å². The Morgan fingerprint density at radius 2 is 2.06 bits per heavy atom. The van der Waals surface area contributed by atoms with Crippen LogP contribution in [0.5, 0.6) is 0 Å². The largest absolute Gasteiger partial charge is 0.330 e. The summed E-state index contributed by atoms with van der Waals surface area (Å²) in [6, 6.07) is 4.14. The van der Waals surface area contributed by atoms with Crippen LogP contribution in [0.4, 0.5) is 0 Å². The van der Waals surface area contributed by atoms with Crippen LogP contribution in [-0.4, -0.2) is 30.0 Å². The number of pyridine rings is 1. The van der Waals surface area contributed by atoms with Gasteiger partial charge < -0.3 is 10.6 Å². The minimum atomic E-state index is 0.718. The van der Waals surface area contributed by atoms with E-state index in [4.69, 9.17) is 5.73 Å². The Morgan fingerprint density at radius 1 is 1.38 bits per heavy atom. The van der Waals surface area contributed by atoms with Crippen molar-refractivity contribution in [1.29, 1.82) is 0 Å². The summed E-state index contributed by atoms with van der Waals surface area (Å²) in [6.07, 6.45) is 6.05. The van der Waals surface area contributed by atoms with Crippen molar-refractivity contribution in [2.75, 3.05) is 20.1 Å². The molecular weight excluding hydrogens is 198 g/mol. The van der Waals surface area contributed by atoms with Crippen molar-refractivity contribution in [2.45, 2.75) is 26.3 Å². The van der Waals surface area contributed by atoms with Crippen molar-refractivity contribution in [3.05, 3.63) is 30.1 Å². The summed E-state index contributed by atoms with van der Waals surface area (Å²) in [5.41, 5.74) is 6.83. The number of hydrogen-bond donors (Lipinski definition) is 1. The van der Waals surface area contributed by atoms with Gasteiger partial charge in [0, 0.05) is 25.5 Å². The lowest BCUT2D eigenvalue weighted by Gasteiger charge is -2.21. The second-order valence-corrected chi connectivity index (χ2v) is 4.59. The van der Waals surface area contributed by atoms with E-state index in [1.165, 1.54) is 12.0 Å². The van der Waals surface area contributed by atoms with Gasteiger partial charge in [-0.15, -0.1) is 0 Å². The third kappa shape index (κ3) is 5.24. The molecule has 1 unspecified atom stereocenters. The van der Waals surface area contributed by atoms with E-state index in [0.717, 1.165) is 32.0 Å². The standard InChI is InChI=1S/C13H23N3/c1-12(4-3-7-14)10-16(2)11-13-5-8-15-9-6-13/h5-6,8-9,12H,3-4,7,10-11,14H2,1-2H3. The van der Waals surface area contributed by atoms with Crippen LogP contribution in [0.1, 0.15) is 25.3 Å². The zero-order valence-corrected chi connectivity index (χ0v) is 10.4. The second kappa shape index (κ2) is 7.36. The lowest BCUT2D eigenvalue weighted by molar-refractivity contribution is 0.269. The molecule has 2 N–H and O–H groups in total. The summed E-state index contributed by atoms with van der Waals surface area (Å²) in [6.45, 7) is 5.22. The Bertz CT molecular complexity index is 274. The van der Waals surface area contributed by atoms with Crippen molar-refractivity contribution < 1.29 is 0 Å². The lowest BCUT2D eigenvalue weighted by atomic mass is 10.1. The molecule has 0 saturated heterocycles. The van der Waals surface area contributed by atoms with Gasteiger partial charge >= 0.3 is 0 Å². The summed E-state index contributed by atoms with van der Waals surface area (Å²) in [5.74, 6) is 0.718. The van der Waals surface area contributed by atoms with Crippen LogP contribution in [0.25, 0.3) is 0 Å². The number of nitrogens with zero attached hydrogens (tertiary/aromatic N) is 2. The molecule has 0 spiro atoms. The van der Waals surface area contributed by atoms with Crippen molar-refractivity contribution in [3.63, 3.8) is 0 Å². The Hall–Kier alpha value is -0.930. The first-order chi connectivity index (χ1) is 7.72. The van der Waals surface area contributed by atoms with Crippen molar-refractivity contribution in [3.8, 4) is 0 Å². The maximum Gasteiger partial charge on any atom is 0.0271 e. The molecule has 3 heteroatoms. The van der Waals surface area contributed by atoms with Gasteiger partial charge in [0.1, 0.15) is 0 Å². The van der Waals surface area contributed by atoms with Crippen LogP contribution in [0.2, 0.25) is 0 Å². The fraction of sp³-hybridized carbons (Fsp3) is 0.615. The molecule has 3 nitrogen and oxygen atoms in total. The summed E-state index contributed by atoms with van der Waals surface area (Å²) in [5, 5.41) is 0. The van der Waals surface area contributed by atoms with E-state index in [0.29, 0.717) is 0 Å². The lowest BCUT2D eigenvalue weighted by Crippen LogP contribution is -2.24. The molecule has 0 amide bonds. The van der Waals surface area contributed by atoms with E-state index in [1.807, 2.05) is 12.4 Å². The molecule has 0 fully saturated rings. The van der Waals surface area contributed by atoms with Crippen LogP contribution >= 0.6 is 0 Å². The van der Waals surface area contributed by atoms with Crippen molar-refractivity contribution in [1.82, 2.24) is 9.88 Å². The number of aromatic nitrogens is 1. The minimum Gasteiger partial charge on any atom is -0.330 e. The van der Waals surface area contributed by atoms with Gasteiger partial charge in [-0.1, -0.05) is 6.92 Å². The van der Waals surface area contributed by atoms with Gasteiger partial charge in [-0.25, -0.2) is 0 Å². The van der Waals surface area contributed by atoms with E-state index in [2.05, 4.69) is 36.0 Å². The maximum absolute atomic E-state index is 5.51. The predicted molar refractivity (Wildman–Crippen MR) is 68.0 cm³/mol. The zero-order chi connectivity index (χ0) is 11.8. The molecule has 0 aromatic carbocycles. The van der Waals surface area contributed by atoms with Crippen LogP contribution in [0.15, 0.2) is 24.5 Å². The first kappa shape index (κ1) is 13.1. The van der Waals surface area contributed by atoms with E-state index < -0.39 is 0 Å². The Labute approximate surface area is 98.7 Å². The average Bonchev–Trinajstić information content (AvgIpc) is 2.27. The summed E-state index contributed by atoms with van der Waals surface area (Å²) in [4.78, 5) is 6.38. The van der Waals surface area contributed by atoms with Gasteiger partial charge in [0.2, 0.25) is 0 Å². The van der Waals surface area contributed by atoms with Crippen LogP contribution in [0, 0.1) is 5.92 Å². The number of nitrogens with two attached hydrogens (primary N) is 1. The van der Waals surface area contributed by atoms with Gasteiger partial charge in [-0.3, -0.25) is 4.98 Å². The molecule has 16 heavy (non-hydrogen) atoms. The van der Waals surface area contributed by atoms with Crippen LogP contribution in [-0.2, 0) is 6.54 Å². The van der Waals surface area contributed by atoms with E-state index in [-0.39, 0.29) is 0 Å². The second-order valence-electron chi connectivity index (χ2n) is 4.59. The van der Waals surface area contributed by atoms with E-state index in [9.17, 15) is 0 Å². The van der Waals surface area contributed by atoms with Gasteiger partial charge in [0.25, 0.3) is 0 Å². The number of hydrogen-bond acceptors (Lipinski definition) is 3. The molecule has 0 aliphatic heterocycles. The van der Waals surface area contributed by atoms with Gasteiger partial charge in [-0.05, 0) is 50.0 Å². The fourth-order valence-electron chi connectivity index (χ4n) is 1.95. The monoisotopic (exact) mass is 221 g/mol. The molecular formula is C13H23N3. The highest BCUT2D eigenvalue weighted by atomic mass is 15.1. The molecule has 1 heterocycles. The third-order valence-electron chi connectivity index (χ3n) is 2.73. The Balaban J connectivity index is 2.27. The van der Waals surface area contributed by atoms with Gasteiger partial charge in [0.05, 0.1) is 0 Å². The predicted octanol–water partition coefficient (Wildman–Crippen LogP) is 1.89. The third-order valence-corrected chi connectivity index (χ3v) is 2.73. The summed E-state index contributed by atoms with van der Waals surface area (Å²) in [7, 11) is 2.17. The van der Waals surface area contributed by atoms with E-state index in [1.54, 1.807) is 0 Å². The van der Waals surface area contributed by atoms with Crippen LogP contribution in [0.3, 0.4) is 0 Å². The quantitative estimate of drug-likeness (QED) is 0.764. The molecule has 1 atom stereocenters. The first-order valence-electron chi connectivity index (χ1n) is 6.00. The van der Waals surface area contributed by atoms with E-state index >= 15 is 0 Å². The molecule has 1 aromatic rings. The molecule has 0 aliphatic rings. The normalized spacial score (nSPS) is 13.0. The molecule has 0 radical (unpaired) electrons. The Morgan fingerprint density at radius 3 is 2.69 bits per heavy atom. The summed E-state index contributed by atoms with van der Waals surface area (Å²) < 4.78 is 0. The maximum atomic E-state index is 5.51. The highest BCUT2D eigenvalue weighted by molar-refractivity contribution is 5.09. The topological polar surface area (TPSA) is 42.1 Å². The zero-order valence-electron chi connectivity index (χ0n) is 10.4. The van der Waals surface area contributed by atoms with Crippen molar-refractivity contribution in [2.24, 2.45) is 11.7 Å². The molecule has 1 rings (SSSR count). The fourth-order valence-corrected chi connectivity index (χ4v) is 1.95. The molecule has 0 saturated carbocycles. The summed E-state index contributed by atoms with van der Waals surface area (Å²) >= 11 is 0. The minimum absolute atomic E-state index is 0.718. The van der Waals surface area contributed by atoms with Crippen LogP contribution < -0.4 is 5.73 Å². The smallest absolute Gasteiger partial charge is 0.0271 e. The highest BCUT2D eigenvalue weighted by Gasteiger charge is 2.06. The van der Waals surface area contributed by atoms with Crippen molar-refractivity contribution >= 4 is 0 Å². The molecule has 0 bridgehead atoms. The molecule has 0 aliphatic carbocycles. The molecule has 1 aromatic heterocycles. The number of rotatable bonds is 7. The first-order valence-corrected chi connectivity index (χ1v) is 6.00.